The Bertz CT molecular complexity index is 543. The average molecular weight is 282 g/mol. The summed E-state index contributed by atoms with van der Waals surface area (Å²) >= 11 is 7.67. The first-order valence-corrected chi connectivity index (χ1v) is 7.20. The Morgan fingerprint density at radius 3 is 2.72 bits per heavy atom. The second kappa shape index (κ2) is 4.91. The minimum absolute atomic E-state index is 0.105. The van der Waals surface area contributed by atoms with Crippen molar-refractivity contribution < 1.29 is 4.52 Å². The molecule has 1 saturated heterocycles. The Hall–Kier alpha value is -1.04. The summed E-state index contributed by atoms with van der Waals surface area (Å²) in [5, 5.41) is 4.69. The lowest BCUT2D eigenvalue weighted by Gasteiger charge is -2.07. The molecule has 0 saturated carbocycles. The predicted molar refractivity (Wildman–Crippen MR) is 72.8 cm³/mol. The quantitative estimate of drug-likeness (QED) is 0.916. The van der Waals surface area contributed by atoms with E-state index in [2.05, 4.69) is 10.1 Å². The van der Waals surface area contributed by atoms with Crippen LogP contribution in [0.3, 0.4) is 0 Å². The van der Waals surface area contributed by atoms with Gasteiger partial charge in [-0.15, -0.1) is 0 Å². The van der Waals surface area contributed by atoms with Crippen molar-refractivity contribution in [2.24, 2.45) is 5.73 Å². The van der Waals surface area contributed by atoms with Crippen molar-refractivity contribution in [3.05, 3.63) is 35.2 Å². The molecule has 3 rings (SSSR count). The number of nitrogens with zero attached hydrogens (tertiary/aromatic N) is 2. The normalized spacial score (nSPS) is 23.4. The Balaban J connectivity index is 1.87. The van der Waals surface area contributed by atoms with Crippen LogP contribution in [0, 0.1) is 0 Å². The summed E-state index contributed by atoms with van der Waals surface area (Å²) in [6.07, 6.45) is 0. The van der Waals surface area contributed by atoms with Gasteiger partial charge in [0.05, 0.1) is 5.92 Å². The number of aromatic nitrogens is 2. The molecule has 6 heteroatoms. The zero-order valence-corrected chi connectivity index (χ0v) is 11.1. The summed E-state index contributed by atoms with van der Waals surface area (Å²) in [5.74, 6) is 3.29. The maximum atomic E-state index is 6.01. The smallest absolute Gasteiger partial charge is 0.232 e. The second-order valence-corrected chi connectivity index (χ2v) is 5.78. The summed E-state index contributed by atoms with van der Waals surface area (Å²) in [7, 11) is 0. The highest BCUT2D eigenvalue weighted by atomic mass is 35.5. The van der Waals surface area contributed by atoms with Gasteiger partial charge in [-0.1, -0.05) is 16.8 Å². The third-order valence-corrected chi connectivity index (χ3v) is 4.45. The maximum absolute atomic E-state index is 6.01. The zero-order chi connectivity index (χ0) is 12.5. The molecule has 0 aliphatic carbocycles. The first-order valence-electron chi connectivity index (χ1n) is 5.67. The van der Waals surface area contributed by atoms with Crippen LogP contribution in [0.5, 0.6) is 0 Å². The van der Waals surface area contributed by atoms with E-state index in [0.29, 0.717) is 16.7 Å². The fourth-order valence-corrected chi connectivity index (χ4v) is 3.34. The lowest BCUT2D eigenvalue weighted by Crippen LogP contribution is -2.26. The zero-order valence-electron chi connectivity index (χ0n) is 9.54. The van der Waals surface area contributed by atoms with Crippen LogP contribution in [-0.4, -0.2) is 27.7 Å². The van der Waals surface area contributed by atoms with Crippen LogP contribution in [0.15, 0.2) is 28.8 Å². The number of nitrogens with two attached hydrogens (primary N) is 1. The van der Waals surface area contributed by atoms with Crippen LogP contribution in [0.25, 0.3) is 11.4 Å². The lowest BCUT2D eigenvalue weighted by molar-refractivity contribution is 0.352. The monoisotopic (exact) mass is 281 g/mol. The van der Waals surface area contributed by atoms with Crippen molar-refractivity contribution in [3.8, 4) is 11.4 Å². The van der Waals surface area contributed by atoms with Crippen molar-refractivity contribution in [1.29, 1.82) is 0 Å². The SMILES string of the molecule is NC1CSCC1c1nc(-c2ccc(Cl)cc2)no1. The molecule has 1 aliphatic heterocycles. The molecule has 1 aliphatic rings. The minimum Gasteiger partial charge on any atom is -0.339 e. The van der Waals surface area contributed by atoms with Crippen molar-refractivity contribution >= 4 is 23.4 Å². The molecule has 2 unspecified atom stereocenters. The Kier molecular flexibility index (Phi) is 3.28. The van der Waals surface area contributed by atoms with Crippen molar-refractivity contribution in [2.75, 3.05) is 11.5 Å². The number of thioether (sulfide) groups is 1. The molecular formula is C12H12ClN3OS. The van der Waals surface area contributed by atoms with Crippen molar-refractivity contribution in [2.45, 2.75) is 12.0 Å². The van der Waals surface area contributed by atoms with Gasteiger partial charge in [-0.3, -0.25) is 0 Å². The van der Waals surface area contributed by atoms with E-state index in [1.807, 2.05) is 36.0 Å². The molecule has 2 atom stereocenters. The molecule has 0 spiro atoms. The molecule has 0 radical (unpaired) electrons. The number of benzene rings is 1. The summed E-state index contributed by atoms with van der Waals surface area (Å²) in [5.41, 5.74) is 6.91. The van der Waals surface area contributed by atoms with Gasteiger partial charge in [-0.2, -0.15) is 16.7 Å². The van der Waals surface area contributed by atoms with E-state index in [-0.39, 0.29) is 12.0 Å². The van der Waals surface area contributed by atoms with E-state index in [1.165, 1.54) is 0 Å². The fourth-order valence-electron chi connectivity index (χ4n) is 1.93. The fraction of sp³-hybridized carbons (Fsp3) is 0.333. The maximum Gasteiger partial charge on any atom is 0.232 e. The highest BCUT2D eigenvalue weighted by Gasteiger charge is 2.30. The third-order valence-electron chi connectivity index (χ3n) is 2.99. The average Bonchev–Trinajstić information content (AvgIpc) is 2.98. The van der Waals surface area contributed by atoms with E-state index in [9.17, 15) is 0 Å². The molecule has 1 aromatic heterocycles. The Labute approximate surface area is 114 Å². The van der Waals surface area contributed by atoms with E-state index >= 15 is 0 Å². The Morgan fingerprint density at radius 1 is 1.28 bits per heavy atom. The molecule has 0 bridgehead atoms. The van der Waals surface area contributed by atoms with Gasteiger partial charge in [0, 0.05) is 28.1 Å². The lowest BCUT2D eigenvalue weighted by atomic mass is 10.1. The van der Waals surface area contributed by atoms with Gasteiger partial charge in [0.1, 0.15) is 0 Å². The largest absolute Gasteiger partial charge is 0.339 e. The van der Waals surface area contributed by atoms with Gasteiger partial charge in [0.2, 0.25) is 11.7 Å². The van der Waals surface area contributed by atoms with Crippen LogP contribution >= 0.6 is 23.4 Å². The van der Waals surface area contributed by atoms with Gasteiger partial charge < -0.3 is 10.3 Å². The third kappa shape index (κ3) is 2.25. The molecular weight excluding hydrogens is 270 g/mol. The van der Waals surface area contributed by atoms with E-state index in [4.69, 9.17) is 21.9 Å². The molecule has 0 amide bonds. The van der Waals surface area contributed by atoms with Gasteiger partial charge >= 0.3 is 0 Å². The molecule has 2 heterocycles. The first kappa shape index (κ1) is 12.0. The summed E-state index contributed by atoms with van der Waals surface area (Å²) in [6.45, 7) is 0. The standard InChI is InChI=1S/C12H12ClN3OS/c13-8-3-1-7(2-4-8)11-15-12(17-16-11)9-5-18-6-10(9)14/h1-4,9-10H,5-6,14H2. The van der Waals surface area contributed by atoms with E-state index in [1.54, 1.807) is 0 Å². The van der Waals surface area contributed by atoms with Crippen molar-refractivity contribution in [3.63, 3.8) is 0 Å². The molecule has 2 aromatic rings. The first-order chi connectivity index (χ1) is 8.74. The second-order valence-electron chi connectivity index (χ2n) is 4.27. The van der Waals surface area contributed by atoms with Crippen LogP contribution in [0.4, 0.5) is 0 Å². The number of hydrogen-bond donors (Lipinski definition) is 1. The Morgan fingerprint density at radius 2 is 2.06 bits per heavy atom. The highest BCUT2D eigenvalue weighted by molar-refractivity contribution is 7.99. The highest BCUT2D eigenvalue weighted by Crippen LogP contribution is 2.31. The van der Waals surface area contributed by atoms with E-state index in [0.717, 1.165) is 17.1 Å². The topological polar surface area (TPSA) is 64.9 Å². The van der Waals surface area contributed by atoms with Crippen LogP contribution in [-0.2, 0) is 0 Å². The van der Waals surface area contributed by atoms with Gasteiger partial charge in [0.15, 0.2) is 0 Å². The van der Waals surface area contributed by atoms with Crippen molar-refractivity contribution in [1.82, 2.24) is 10.1 Å². The van der Waals surface area contributed by atoms with Crippen LogP contribution < -0.4 is 5.73 Å². The molecule has 2 N–H and O–H groups in total. The number of halogens is 1. The predicted octanol–water partition coefficient (Wildman–Crippen LogP) is 2.55. The number of rotatable bonds is 2. The molecule has 1 aromatic carbocycles. The van der Waals surface area contributed by atoms with Crippen LogP contribution in [0.1, 0.15) is 11.8 Å². The molecule has 94 valence electrons. The summed E-state index contributed by atoms with van der Waals surface area (Å²) in [4.78, 5) is 4.43. The molecule has 18 heavy (non-hydrogen) atoms. The van der Waals surface area contributed by atoms with E-state index < -0.39 is 0 Å². The minimum atomic E-state index is 0.105. The summed E-state index contributed by atoms with van der Waals surface area (Å²) in [6, 6.07) is 7.47. The van der Waals surface area contributed by atoms with Gasteiger partial charge in [-0.25, -0.2) is 0 Å². The summed E-state index contributed by atoms with van der Waals surface area (Å²) < 4.78 is 5.32. The molecule has 4 nitrogen and oxygen atoms in total. The molecule has 1 fully saturated rings. The van der Waals surface area contributed by atoms with Gasteiger partial charge in [-0.05, 0) is 24.3 Å². The number of hydrogen-bond acceptors (Lipinski definition) is 5. The van der Waals surface area contributed by atoms with Crippen LogP contribution in [0.2, 0.25) is 5.02 Å². The van der Waals surface area contributed by atoms with Gasteiger partial charge in [0.25, 0.3) is 0 Å².